The van der Waals surface area contributed by atoms with Crippen molar-refractivity contribution in [2.45, 2.75) is 6.61 Å². The van der Waals surface area contributed by atoms with Gasteiger partial charge in [-0.3, -0.25) is 4.68 Å². The molecule has 0 saturated heterocycles. The molecule has 2 rings (SSSR count). The highest BCUT2D eigenvalue weighted by Gasteiger charge is 2.05. The van der Waals surface area contributed by atoms with Crippen LogP contribution in [-0.4, -0.2) is 16.9 Å². The summed E-state index contributed by atoms with van der Waals surface area (Å²) in [6.07, 6.45) is 1.72. The highest BCUT2D eigenvalue weighted by atomic mass is 16.5. The van der Waals surface area contributed by atoms with E-state index < -0.39 is 0 Å². The molecule has 1 heterocycles. The zero-order valence-electron chi connectivity index (χ0n) is 10.3. The van der Waals surface area contributed by atoms with Gasteiger partial charge in [-0.05, 0) is 18.2 Å². The molecule has 0 saturated carbocycles. The number of benzene rings is 1. The lowest BCUT2D eigenvalue weighted by molar-refractivity contribution is 0.292. The summed E-state index contributed by atoms with van der Waals surface area (Å²) in [5.41, 5.74) is 1.46. The molecule has 0 aliphatic rings. The third kappa shape index (κ3) is 2.43. The van der Waals surface area contributed by atoms with Crippen LogP contribution in [-0.2, 0) is 13.7 Å². The topological polar surface area (TPSA) is 60.1 Å². The minimum atomic E-state index is 0.422. The molecule has 0 aliphatic heterocycles. The third-order valence-corrected chi connectivity index (χ3v) is 2.60. The van der Waals surface area contributed by atoms with E-state index in [2.05, 4.69) is 11.2 Å². The summed E-state index contributed by atoms with van der Waals surface area (Å²) in [5.74, 6) is 1.17. The highest BCUT2D eigenvalue weighted by molar-refractivity contribution is 5.47. The number of rotatable bonds is 4. The van der Waals surface area contributed by atoms with Gasteiger partial charge in [0.1, 0.15) is 24.2 Å². The first-order valence-electron chi connectivity index (χ1n) is 5.42. The van der Waals surface area contributed by atoms with Crippen LogP contribution < -0.4 is 9.47 Å². The van der Waals surface area contributed by atoms with E-state index in [0.29, 0.717) is 23.7 Å². The van der Waals surface area contributed by atoms with Gasteiger partial charge in [-0.25, -0.2) is 0 Å². The Balaban J connectivity index is 2.11. The summed E-state index contributed by atoms with van der Waals surface area (Å²) in [5, 5.41) is 12.9. The fraction of sp³-hybridized carbons (Fsp3) is 0.231. The fourth-order valence-electron chi connectivity index (χ4n) is 1.55. The molecule has 1 aromatic carbocycles. The summed E-state index contributed by atoms with van der Waals surface area (Å²) in [6.45, 7) is 0.422. The van der Waals surface area contributed by atoms with E-state index in [1.165, 1.54) is 7.11 Å². The van der Waals surface area contributed by atoms with Crippen molar-refractivity contribution >= 4 is 0 Å². The Bertz CT molecular complexity index is 584. The zero-order chi connectivity index (χ0) is 13.0. The smallest absolute Gasteiger partial charge is 0.140 e. The number of methoxy groups -OCH3 is 1. The van der Waals surface area contributed by atoms with Crippen LogP contribution in [0.1, 0.15) is 11.3 Å². The Hall–Kier alpha value is -2.48. The van der Waals surface area contributed by atoms with Crippen molar-refractivity contribution in [2.75, 3.05) is 7.11 Å². The van der Waals surface area contributed by atoms with Crippen molar-refractivity contribution in [2.24, 2.45) is 7.05 Å². The van der Waals surface area contributed by atoms with E-state index in [0.717, 1.165) is 5.69 Å². The lowest BCUT2D eigenvalue weighted by atomic mass is 10.2. The highest BCUT2D eigenvalue weighted by Crippen LogP contribution is 2.24. The van der Waals surface area contributed by atoms with Crippen LogP contribution in [0.4, 0.5) is 0 Å². The number of ether oxygens (including phenoxy) is 2. The fourth-order valence-corrected chi connectivity index (χ4v) is 1.55. The van der Waals surface area contributed by atoms with Crippen molar-refractivity contribution in [1.82, 2.24) is 9.78 Å². The molecule has 0 amide bonds. The summed E-state index contributed by atoms with van der Waals surface area (Å²) < 4.78 is 12.5. The van der Waals surface area contributed by atoms with Crippen LogP contribution >= 0.6 is 0 Å². The molecule has 0 radical (unpaired) electrons. The quantitative estimate of drug-likeness (QED) is 0.822. The third-order valence-electron chi connectivity index (χ3n) is 2.60. The molecule has 0 fully saturated rings. The van der Waals surface area contributed by atoms with E-state index >= 15 is 0 Å². The van der Waals surface area contributed by atoms with Crippen LogP contribution in [0, 0.1) is 11.3 Å². The van der Waals surface area contributed by atoms with Gasteiger partial charge in [-0.2, -0.15) is 10.4 Å². The largest absolute Gasteiger partial charge is 0.495 e. The van der Waals surface area contributed by atoms with E-state index in [4.69, 9.17) is 14.7 Å². The molecule has 0 unspecified atom stereocenters. The average molecular weight is 243 g/mol. The predicted octanol–water partition coefficient (Wildman–Crippen LogP) is 1.88. The predicted molar refractivity (Wildman–Crippen MR) is 65.2 cm³/mol. The molecule has 18 heavy (non-hydrogen) atoms. The maximum absolute atomic E-state index is 8.87. The Morgan fingerprint density at radius 2 is 2.22 bits per heavy atom. The minimum absolute atomic E-state index is 0.422. The number of nitriles is 1. The number of nitrogens with zero attached hydrogens (tertiary/aromatic N) is 3. The Morgan fingerprint density at radius 1 is 1.39 bits per heavy atom. The summed E-state index contributed by atoms with van der Waals surface area (Å²) >= 11 is 0. The van der Waals surface area contributed by atoms with Crippen LogP contribution in [0.3, 0.4) is 0 Å². The van der Waals surface area contributed by atoms with E-state index in [9.17, 15) is 0 Å². The second-order valence-corrected chi connectivity index (χ2v) is 3.71. The number of hydrogen-bond acceptors (Lipinski definition) is 4. The SMILES string of the molecule is COc1cc(OCc2ccnn2C)ccc1C#N. The molecule has 5 nitrogen and oxygen atoms in total. The van der Waals surface area contributed by atoms with Crippen LogP contribution in [0.5, 0.6) is 11.5 Å². The average Bonchev–Trinajstić information content (AvgIpc) is 2.81. The summed E-state index contributed by atoms with van der Waals surface area (Å²) in [6, 6.07) is 9.08. The number of aryl methyl sites for hydroxylation is 1. The molecule has 5 heteroatoms. The summed E-state index contributed by atoms with van der Waals surface area (Å²) in [4.78, 5) is 0. The monoisotopic (exact) mass is 243 g/mol. The Labute approximate surface area is 105 Å². The van der Waals surface area contributed by atoms with Crippen molar-refractivity contribution in [3.05, 3.63) is 41.7 Å². The second kappa shape index (κ2) is 5.23. The first kappa shape index (κ1) is 12.0. The molecule has 0 atom stereocenters. The molecule has 0 spiro atoms. The van der Waals surface area contributed by atoms with Crippen molar-refractivity contribution in [3.8, 4) is 17.6 Å². The lowest BCUT2D eigenvalue weighted by Crippen LogP contribution is -2.03. The van der Waals surface area contributed by atoms with Gasteiger partial charge in [-0.15, -0.1) is 0 Å². The molecule has 2 aromatic rings. The van der Waals surface area contributed by atoms with Gasteiger partial charge in [0.15, 0.2) is 0 Å². The maximum atomic E-state index is 8.87. The summed E-state index contributed by atoms with van der Waals surface area (Å²) in [7, 11) is 3.39. The Kier molecular flexibility index (Phi) is 3.49. The van der Waals surface area contributed by atoms with Crippen molar-refractivity contribution < 1.29 is 9.47 Å². The van der Waals surface area contributed by atoms with Gasteiger partial charge in [0.2, 0.25) is 0 Å². The van der Waals surface area contributed by atoms with E-state index in [1.54, 1.807) is 29.1 Å². The maximum Gasteiger partial charge on any atom is 0.140 e. The standard InChI is InChI=1S/C13H13N3O2/c1-16-11(5-6-15-16)9-18-12-4-3-10(8-14)13(7-12)17-2/h3-7H,9H2,1-2H3. The van der Waals surface area contributed by atoms with Crippen LogP contribution in [0.2, 0.25) is 0 Å². The molecule has 0 aliphatic carbocycles. The molecule has 0 N–H and O–H groups in total. The van der Waals surface area contributed by atoms with Gasteiger partial charge >= 0.3 is 0 Å². The van der Waals surface area contributed by atoms with E-state index in [-0.39, 0.29) is 0 Å². The van der Waals surface area contributed by atoms with Gasteiger partial charge in [0.05, 0.1) is 18.4 Å². The van der Waals surface area contributed by atoms with Crippen molar-refractivity contribution in [3.63, 3.8) is 0 Å². The van der Waals surface area contributed by atoms with Crippen LogP contribution in [0.15, 0.2) is 30.5 Å². The normalized spacial score (nSPS) is 9.83. The first-order valence-corrected chi connectivity index (χ1v) is 5.42. The van der Waals surface area contributed by atoms with Gasteiger partial charge in [-0.1, -0.05) is 0 Å². The minimum Gasteiger partial charge on any atom is -0.495 e. The molecule has 92 valence electrons. The molecular formula is C13H13N3O2. The Morgan fingerprint density at radius 3 is 2.83 bits per heavy atom. The van der Waals surface area contributed by atoms with Crippen molar-refractivity contribution in [1.29, 1.82) is 5.26 Å². The molecule has 0 bridgehead atoms. The lowest BCUT2D eigenvalue weighted by Gasteiger charge is -2.08. The second-order valence-electron chi connectivity index (χ2n) is 3.71. The van der Waals surface area contributed by atoms with Gasteiger partial charge < -0.3 is 9.47 Å². The van der Waals surface area contributed by atoms with Gasteiger partial charge in [0, 0.05) is 19.3 Å². The van der Waals surface area contributed by atoms with E-state index in [1.807, 2.05) is 13.1 Å². The first-order chi connectivity index (χ1) is 8.74. The zero-order valence-corrected chi connectivity index (χ0v) is 10.3. The van der Waals surface area contributed by atoms with Crippen LogP contribution in [0.25, 0.3) is 0 Å². The molecular weight excluding hydrogens is 230 g/mol. The molecule has 1 aromatic heterocycles. The number of hydrogen-bond donors (Lipinski definition) is 0. The number of aromatic nitrogens is 2. The van der Waals surface area contributed by atoms with Gasteiger partial charge in [0.25, 0.3) is 0 Å².